The summed E-state index contributed by atoms with van der Waals surface area (Å²) in [5.41, 5.74) is 7.84. The van der Waals surface area contributed by atoms with E-state index in [1.54, 1.807) is 30.3 Å². The molecule has 31 heavy (non-hydrogen) atoms. The molecule has 0 radical (unpaired) electrons. The SMILES string of the molecule is O=C(CCc1ccc(S(=O)(=O)N2CCCC2)cc1)NC1CC(c2cccc(F)c2)NN1. The van der Waals surface area contributed by atoms with Gasteiger partial charge in [0, 0.05) is 32.0 Å². The molecule has 2 aliphatic rings. The molecule has 0 spiro atoms. The fraction of sp³-hybridized carbons (Fsp3) is 0.409. The Morgan fingerprint density at radius 3 is 2.55 bits per heavy atom. The molecule has 0 aromatic heterocycles. The first-order valence-corrected chi connectivity index (χ1v) is 12.0. The number of benzene rings is 2. The quantitative estimate of drug-likeness (QED) is 0.607. The Kier molecular flexibility index (Phi) is 6.66. The number of sulfonamides is 1. The van der Waals surface area contributed by atoms with Crippen molar-refractivity contribution in [3.8, 4) is 0 Å². The highest BCUT2D eigenvalue weighted by molar-refractivity contribution is 7.89. The highest BCUT2D eigenvalue weighted by Crippen LogP contribution is 2.23. The molecule has 2 heterocycles. The van der Waals surface area contributed by atoms with Gasteiger partial charge in [-0.15, -0.1) is 0 Å². The Balaban J connectivity index is 1.25. The van der Waals surface area contributed by atoms with Crippen molar-refractivity contribution in [3.05, 3.63) is 65.5 Å². The monoisotopic (exact) mass is 446 g/mol. The summed E-state index contributed by atoms with van der Waals surface area (Å²) < 4.78 is 40.1. The number of hydrogen-bond donors (Lipinski definition) is 3. The van der Waals surface area contributed by atoms with Crippen LogP contribution in [0.15, 0.2) is 53.4 Å². The third-order valence-corrected chi connectivity index (χ3v) is 7.67. The number of carbonyl (C=O) groups excluding carboxylic acids is 1. The van der Waals surface area contributed by atoms with Crippen LogP contribution in [0.2, 0.25) is 0 Å². The Labute approximate surface area is 182 Å². The molecular formula is C22H27FN4O3S. The van der Waals surface area contributed by atoms with E-state index in [1.165, 1.54) is 16.4 Å². The molecule has 2 unspecified atom stereocenters. The predicted molar refractivity (Wildman–Crippen MR) is 115 cm³/mol. The van der Waals surface area contributed by atoms with E-state index < -0.39 is 10.0 Å². The van der Waals surface area contributed by atoms with Gasteiger partial charge >= 0.3 is 0 Å². The number of halogens is 1. The first-order chi connectivity index (χ1) is 14.9. The third kappa shape index (κ3) is 5.30. The largest absolute Gasteiger partial charge is 0.339 e. The minimum Gasteiger partial charge on any atom is -0.339 e. The molecule has 2 saturated heterocycles. The van der Waals surface area contributed by atoms with Crippen LogP contribution in [0.3, 0.4) is 0 Å². The number of hydrazine groups is 1. The van der Waals surface area contributed by atoms with Gasteiger partial charge in [0.05, 0.1) is 11.1 Å². The molecule has 0 aliphatic carbocycles. The first-order valence-electron chi connectivity index (χ1n) is 10.6. The first kappa shape index (κ1) is 21.9. The van der Waals surface area contributed by atoms with Gasteiger partial charge in [-0.3, -0.25) is 4.79 Å². The van der Waals surface area contributed by atoms with E-state index in [2.05, 4.69) is 16.2 Å². The van der Waals surface area contributed by atoms with Gasteiger partial charge in [-0.25, -0.2) is 23.7 Å². The Bertz CT molecular complexity index is 1020. The van der Waals surface area contributed by atoms with E-state index in [9.17, 15) is 17.6 Å². The lowest BCUT2D eigenvalue weighted by Gasteiger charge is -2.15. The maximum absolute atomic E-state index is 13.4. The second-order valence-corrected chi connectivity index (χ2v) is 9.95. The number of aryl methyl sites for hydroxylation is 1. The molecule has 2 atom stereocenters. The number of rotatable bonds is 7. The van der Waals surface area contributed by atoms with E-state index in [-0.39, 0.29) is 23.9 Å². The number of carbonyl (C=O) groups is 1. The molecule has 3 N–H and O–H groups in total. The summed E-state index contributed by atoms with van der Waals surface area (Å²) in [6, 6.07) is 13.1. The van der Waals surface area contributed by atoms with Crippen LogP contribution in [0.4, 0.5) is 4.39 Å². The van der Waals surface area contributed by atoms with Crippen LogP contribution in [0.5, 0.6) is 0 Å². The Morgan fingerprint density at radius 1 is 1.10 bits per heavy atom. The third-order valence-electron chi connectivity index (χ3n) is 5.76. The zero-order valence-electron chi connectivity index (χ0n) is 17.2. The maximum Gasteiger partial charge on any atom is 0.243 e. The van der Waals surface area contributed by atoms with Gasteiger partial charge in [-0.2, -0.15) is 4.31 Å². The summed E-state index contributed by atoms with van der Waals surface area (Å²) in [6.45, 7) is 1.16. The Hall–Kier alpha value is -2.33. The lowest BCUT2D eigenvalue weighted by Crippen LogP contribution is -2.44. The van der Waals surface area contributed by atoms with Crippen molar-refractivity contribution in [2.45, 2.75) is 49.2 Å². The van der Waals surface area contributed by atoms with Crippen molar-refractivity contribution >= 4 is 15.9 Å². The summed E-state index contributed by atoms with van der Waals surface area (Å²) in [5.74, 6) is -0.390. The summed E-state index contributed by atoms with van der Waals surface area (Å²) in [6.07, 6.45) is 2.98. The molecule has 166 valence electrons. The van der Waals surface area contributed by atoms with E-state index in [1.807, 2.05) is 6.07 Å². The standard InChI is InChI=1S/C22H27FN4O3S/c23-18-5-3-4-17(14-18)20-15-21(26-25-20)24-22(28)11-8-16-6-9-19(10-7-16)31(29,30)27-12-1-2-13-27/h3-7,9-10,14,20-21,25-26H,1-2,8,11-13,15H2,(H,24,28). The van der Waals surface area contributed by atoms with E-state index in [0.717, 1.165) is 24.0 Å². The fourth-order valence-electron chi connectivity index (χ4n) is 4.02. The highest BCUT2D eigenvalue weighted by Gasteiger charge is 2.27. The molecule has 2 aromatic rings. The zero-order chi connectivity index (χ0) is 21.8. The summed E-state index contributed by atoms with van der Waals surface area (Å²) >= 11 is 0. The summed E-state index contributed by atoms with van der Waals surface area (Å²) in [5, 5.41) is 2.93. The second-order valence-electron chi connectivity index (χ2n) is 8.01. The van der Waals surface area contributed by atoms with Gasteiger partial charge in [0.15, 0.2) is 0 Å². The van der Waals surface area contributed by atoms with Crippen LogP contribution in [-0.4, -0.2) is 37.9 Å². The van der Waals surface area contributed by atoms with Crippen molar-refractivity contribution in [1.82, 2.24) is 20.5 Å². The number of nitrogens with one attached hydrogen (secondary N) is 3. The average molecular weight is 447 g/mol. The number of nitrogens with zero attached hydrogens (tertiary/aromatic N) is 1. The molecule has 2 fully saturated rings. The molecule has 2 aliphatic heterocycles. The van der Waals surface area contributed by atoms with E-state index in [4.69, 9.17) is 0 Å². The van der Waals surface area contributed by atoms with Crippen LogP contribution >= 0.6 is 0 Å². The Morgan fingerprint density at radius 2 is 1.84 bits per heavy atom. The average Bonchev–Trinajstić information content (AvgIpc) is 3.45. The zero-order valence-corrected chi connectivity index (χ0v) is 18.0. The van der Waals surface area contributed by atoms with Gasteiger partial charge in [-0.05, 0) is 54.7 Å². The summed E-state index contributed by atoms with van der Waals surface area (Å²) in [7, 11) is -3.42. The molecular weight excluding hydrogens is 419 g/mol. The van der Waals surface area contributed by atoms with Crippen molar-refractivity contribution in [2.75, 3.05) is 13.1 Å². The number of hydrogen-bond acceptors (Lipinski definition) is 5. The highest BCUT2D eigenvalue weighted by atomic mass is 32.2. The van der Waals surface area contributed by atoms with Gasteiger partial charge in [-0.1, -0.05) is 24.3 Å². The van der Waals surface area contributed by atoms with Crippen LogP contribution in [0.25, 0.3) is 0 Å². The molecule has 7 nitrogen and oxygen atoms in total. The molecule has 9 heteroatoms. The van der Waals surface area contributed by atoms with Crippen LogP contribution in [-0.2, 0) is 21.2 Å². The lowest BCUT2D eigenvalue weighted by molar-refractivity contribution is -0.121. The maximum atomic E-state index is 13.4. The molecule has 4 rings (SSSR count). The van der Waals surface area contributed by atoms with Gasteiger partial charge in [0.25, 0.3) is 0 Å². The minimum atomic E-state index is -3.42. The minimum absolute atomic E-state index is 0.0777. The fourth-order valence-corrected chi connectivity index (χ4v) is 5.54. The normalized spacial score (nSPS) is 22.0. The van der Waals surface area contributed by atoms with Gasteiger partial charge in [0.2, 0.25) is 15.9 Å². The second kappa shape index (κ2) is 9.44. The van der Waals surface area contributed by atoms with E-state index >= 15 is 0 Å². The number of amides is 1. The van der Waals surface area contributed by atoms with Crippen molar-refractivity contribution in [2.24, 2.45) is 0 Å². The topological polar surface area (TPSA) is 90.5 Å². The summed E-state index contributed by atoms with van der Waals surface area (Å²) in [4.78, 5) is 12.6. The molecule has 2 aromatic carbocycles. The van der Waals surface area contributed by atoms with E-state index in [0.29, 0.717) is 37.2 Å². The molecule has 0 bridgehead atoms. The van der Waals surface area contributed by atoms with Crippen LogP contribution in [0, 0.1) is 5.82 Å². The van der Waals surface area contributed by atoms with Gasteiger partial charge in [0.1, 0.15) is 5.82 Å². The van der Waals surface area contributed by atoms with Crippen molar-refractivity contribution in [1.29, 1.82) is 0 Å². The van der Waals surface area contributed by atoms with Crippen LogP contribution < -0.4 is 16.2 Å². The van der Waals surface area contributed by atoms with Crippen molar-refractivity contribution in [3.63, 3.8) is 0 Å². The lowest BCUT2D eigenvalue weighted by atomic mass is 10.0. The smallest absolute Gasteiger partial charge is 0.243 e. The van der Waals surface area contributed by atoms with Crippen molar-refractivity contribution < 1.29 is 17.6 Å². The predicted octanol–water partition coefficient (Wildman–Crippen LogP) is 2.22. The molecule has 1 amide bonds. The van der Waals surface area contributed by atoms with Gasteiger partial charge < -0.3 is 5.32 Å². The molecule has 0 saturated carbocycles. The van der Waals surface area contributed by atoms with Crippen LogP contribution in [0.1, 0.15) is 42.9 Å².